The number of thiazole rings is 1. The predicted octanol–water partition coefficient (Wildman–Crippen LogP) is 1.42. The highest BCUT2D eigenvalue weighted by Crippen LogP contribution is 2.30. The van der Waals surface area contributed by atoms with Crippen molar-refractivity contribution in [3.05, 3.63) is 35.6 Å². The Morgan fingerprint density at radius 2 is 2.08 bits per heavy atom. The number of hydrogen-bond donors (Lipinski definition) is 1. The molecule has 6 nitrogen and oxygen atoms in total. The van der Waals surface area contributed by atoms with Gasteiger partial charge in [0.05, 0.1) is 5.69 Å². The van der Waals surface area contributed by atoms with Gasteiger partial charge in [-0.1, -0.05) is 12.8 Å². The third-order valence-electron chi connectivity index (χ3n) is 4.55. The van der Waals surface area contributed by atoms with Gasteiger partial charge in [0, 0.05) is 54.1 Å². The van der Waals surface area contributed by atoms with Gasteiger partial charge in [0.1, 0.15) is 5.01 Å². The first-order valence-corrected chi connectivity index (χ1v) is 9.36. The van der Waals surface area contributed by atoms with Crippen LogP contribution in [0.1, 0.15) is 31.4 Å². The van der Waals surface area contributed by atoms with Gasteiger partial charge in [0.2, 0.25) is 5.91 Å². The van der Waals surface area contributed by atoms with E-state index in [9.17, 15) is 14.7 Å². The molecule has 1 amide bonds. The van der Waals surface area contributed by atoms with E-state index in [-0.39, 0.29) is 5.91 Å². The molecule has 1 N–H and O–H groups in total. The standard InChI is InChI=1S/C18H21N3O3S/c22-16(14-5-1-2-6-15(14)18(23)24)20-9-7-13-11-25-17(21-13)12-4-3-8-19-10-12/h3-4,8,10-11,14-15H,1-2,5-7,9H2,(H,20,22)(H,23,24)/p-1/t14-,15+/m1/s1. The van der Waals surface area contributed by atoms with Crippen molar-refractivity contribution in [3.63, 3.8) is 0 Å². The molecule has 7 heteroatoms. The maximum Gasteiger partial charge on any atom is 0.223 e. The highest BCUT2D eigenvalue weighted by molar-refractivity contribution is 7.13. The number of carbonyl (C=O) groups is 2. The predicted molar refractivity (Wildman–Crippen MR) is 92.5 cm³/mol. The van der Waals surface area contributed by atoms with Gasteiger partial charge in [-0.3, -0.25) is 9.78 Å². The Hall–Kier alpha value is -2.28. The van der Waals surface area contributed by atoms with E-state index in [2.05, 4.69) is 15.3 Å². The Morgan fingerprint density at radius 1 is 1.28 bits per heavy atom. The summed E-state index contributed by atoms with van der Waals surface area (Å²) in [7, 11) is 0. The number of aromatic nitrogens is 2. The molecule has 25 heavy (non-hydrogen) atoms. The molecule has 1 saturated carbocycles. The molecular formula is C18H20N3O3S-. The van der Waals surface area contributed by atoms with Gasteiger partial charge in [-0.25, -0.2) is 4.98 Å². The molecule has 2 atom stereocenters. The summed E-state index contributed by atoms with van der Waals surface area (Å²) >= 11 is 1.54. The molecule has 1 aliphatic rings. The first-order valence-electron chi connectivity index (χ1n) is 8.48. The first-order chi connectivity index (χ1) is 12.1. The summed E-state index contributed by atoms with van der Waals surface area (Å²) in [5, 5.41) is 16.9. The fourth-order valence-corrected chi connectivity index (χ4v) is 4.06. The number of nitrogens with one attached hydrogen (secondary N) is 1. The molecule has 0 bridgehead atoms. The molecule has 0 saturated heterocycles. The maximum absolute atomic E-state index is 12.3. The van der Waals surface area contributed by atoms with Crippen LogP contribution in [-0.2, 0) is 16.0 Å². The number of carbonyl (C=O) groups excluding carboxylic acids is 2. The van der Waals surface area contributed by atoms with Crippen LogP contribution in [0.2, 0.25) is 0 Å². The highest BCUT2D eigenvalue weighted by Gasteiger charge is 2.31. The van der Waals surface area contributed by atoms with Crippen LogP contribution in [0.5, 0.6) is 0 Å². The average Bonchev–Trinajstić information content (AvgIpc) is 3.11. The summed E-state index contributed by atoms with van der Waals surface area (Å²) in [6.07, 6.45) is 6.99. The second-order valence-corrected chi connectivity index (χ2v) is 7.10. The zero-order valence-electron chi connectivity index (χ0n) is 13.8. The zero-order chi connectivity index (χ0) is 17.6. The van der Waals surface area contributed by atoms with E-state index in [1.165, 1.54) is 0 Å². The Kier molecular flexibility index (Phi) is 5.75. The molecule has 0 radical (unpaired) electrons. The molecule has 2 aromatic heterocycles. The van der Waals surface area contributed by atoms with Gasteiger partial charge in [0.25, 0.3) is 0 Å². The van der Waals surface area contributed by atoms with Crippen LogP contribution in [0.15, 0.2) is 29.9 Å². The van der Waals surface area contributed by atoms with Crippen molar-refractivity contribution < 1.29 is 14.7 Å². The van der Waals surface area contributed by atoms with E-state index in [1.807, 2.05) is 17.5 Å². The normalized spacial score (nSPS) is 20.2. The van der Waals surface area contributed by atoms with Crippen LogP contribution in [0, 0.1) is 11.8 Å². The van der Waals surface area contributed by atoms with E-state index >= 15 is 0 Å². The third-order valence-corrected chi connectivity index (χ3v) is 5.49. The minimum Gasteiger partial charge on any atom is -0.550 e. The lowest BCUT2D eigenvalue weighted by molar-refractivity contribution is -0.314. The third kappa shape index (κ3) is 4.42. The van der Waals surface area contributed by atoms with Crippen LogP contribution in [0.25, 0.3) is 10.6 Å². The summed E-state index contributed by atoms with van der Waals surface area (Å²) in [5.41, 5.74) is 1.88. The molecule has 132 valence electrons. The van der Waals surface area contributed by atoms with Gasteiger partial charge in [-0.15, -0.1) is 11.3 Å². The summed E-state index contributed by atoms with van der Waals surface area (Å²) < 4.78 is 0. The summed E-state index contributed by atoms with van der Waals surface area (Å²) in [5.74, 6) is -2.43. The van der Waals surface area contributed by atoms with Crippen molar-refractivity contribution in [3.8, 4) is 10.6 Å². The quantitative estimate of drug-likeness (QED) is 0.843. The van der Waals surface area contributed by atoms with Gasteiger partial charge >= 0.3 is 0 Å². The molecular weight excluding hydrogens is 338 g/mol. The second kappa shape index (κ2) is 8.20. The topological polar surface area (TPSA) is 95.0 Å². The van der Waals surface area contributed by atoms with Gasteiger partial charge in [-0.05, 0) is 25.0 Å². The van der Waals surface area contributed by atoms with Crippen LogP contribution < -0.4 is 10.4 Å². The zero-order valence-corrected chi connectivity index (χ0v) is 14.6. The van der Waals surface area contributed by atoms with E-state index < -0.39 is 17.8 Å². The average molecular weight is 358 g/mol. The minimum atomic E-state index is -1.11. The lowest BCUT2D eigenvalue weighted by atomic mass is 9.78. The van der Waals surface area contributed by atoms with Crippen molar-refractivity contribution >= 4 is 23.2 Å². The lowest BCUT2D eigenvalue weighted by Crippen LogP contribution is -2.44. The lowest BCUT2D eigenvalue weighted by Gasteiger charge is -2.31. The molecule has 2 aromatic rings. The minimum absolute atomic E-state index is 0.184. The summed E-state index contributed by atoms with van der Waals surface area (Å²) in [6, 6.07) is 3.83. The van der Waals surface area contributed by atoms with Crippen LogP contribution in [-0.4, -0.2) is 28.4 Å². The highest BCUT2D eigenvalue weighted by atomic mass is 32.1. The number of amides is 1. The number of rotatable bonds is 6. The van der Waals surface area contributed by atoms with E-state index in [1.54, 1.807) is 23.7 Å². The van der Waals surface area contributed by atoms with Crippen LogP contribution in [0.3, 0.4) is 0 Å². The number of nitrogens with zero attached hydrogens (tertiary/aromatic N) is 2. The van der Waals surface area contributed by atoms with Crippen molar-refractivity contribution in [2.24, 2.45) is 11.8 Å². The van der Waals surface area contributed by atoms with Crippen LogP contribution in [0.4, 0.5) is 0 Å². The van der Waals surface area contributed by atoms with Gasteiger partial charge in [0.15, 0.2) is 0 Å². The molecule has 0 aliphatic heterocycles. The van der Waals surface area contributed by atoms with Crippen molar-refractivity contribution in [2.45, 2.75) is 32.1 Å². The second-order valence-electron chi connectivity index (χ2n) is 6.24. The number of carboxylic acids is 1. The monoisotopic (exact) mass is 358 g/mol. The number of carboxylic acid groups (broad SMARTS) is 1. The van der Waals surface area contributed by atoms with Crippen molar-refractivity contribution in [1.29, 1.82) is 0 Å². The van der Waals surface area contributed by atoms with Gasteiger partial charge in [-0.2, -0.15) is 0 Å². The fourth-order valence-electron chi connectivity index (χ4n) is 3.22. The Labute approximate surface area is 150 Å². The molecule has 3 rings (SSSR count). The Morgan fingerprint density at radius 3 is 2.80 bits per heavy atom. The first kappa shape index (κ1) is 17.5. The van der Waals surface area contributed by atoms with Gasteiger partial charge < -0.3 is 15.2 Å². The molecule has 1 aliphatic carbocycles. The molecule has 0 unspecified atom stereocenters. The van der Waals surface area contributed by atoms with E-state index in [0.29, 0.717) is 25.8 Å². The Balaban J connectivity index is 1.52. The number of aliphatic carboxylic acids is 1. The van der Waals surface area contributed by atoms with Crippen molar-refractivity contribution in [2.75, 3.05) is 6.54 Å². The smallest absolute Gasteiger partial charge is 0.223 e. The fraction of sp³-hybridized carbons (Fsp3) is 0.444. The molecule has 0 spiro atoms. The van der Waals surface area contributed by atoms with Crippen LogP contribution >= 0.6 is 11.3 Å². The van der Waals surface area contributed by atoms with E-state index in [4.69, 9.17) is 0 Å². The summed E-state index contributed by atoms with van der Waals surface area (Å²) in [6.45, 7) is 0.450. The number of pyridine rings is 1. The largest absolute Gasteiger partial charge is 0.550 e. The SMILES string of the molecule is O=C([O-])[C@H]1CCCC[C@H]1C(=O)NCCc1csc(-c2cccnc2)n1. The molecule has 0 aromatic carbocycles. The maximum atomic E-state index is 12.3. The van der Waals surface area contributed by atoms with E-state index in [0.717, 1.165) is 29.1 Å². The molecule has 2 heterocycles. The van der Waals surface area contributed by atoms with Crippen molar-refractivity contribution in [1.82, 2.24) is 15.3 Å². The Bertz CT molecular complexity index is 732. The number of hydrogen-bond acceptors (Lipinski definition) is 6. The molecule has 1 fully saturated rings. The summed E-state index contributed by atoms with van der Waals surface area (Å²) in [4.78, 5) is 32.1.